The number of nitrogens with zero attached hydrogens (tertiary/aromatic N) is 3. The zero-order valence-electron chi connectivity index (χ0n) is 11.1. The minimum absolute atomic E-state index is 0.410. The van der Waals surface area contributed by atoms with Gasteiger partial charge < -0.3 is 4.74 Å². The van der Waals surface area contributed by atoms with Crippen LogP contribution in [-0.2, 0) is 4.74 Å². The van der Waals surface area contributed by atoms with Gasteiger partial charge in [-0.3, -0.25) is 9.88 Å². The Bertz CT molecular complexity index is 448. The molecular weight excluding hydrogens is 252 g/mol. The van der Waals surface area contributed by atoms with Gasteiger partial charge in [0.2, 0.25) is 5.95 Å². The average Bonchev–Trinajstić information content (AvgIpc) is 2.98. The van der Waals surface area contributed by atoms with Crippen molar-refractivity contribution in [2.24, 2.45) is 0 Å². The van der Waals surface area contributed by atoms with Crippen molar-refractivity contribution in [1.29, 1.82) is 0 Å². The Hall–Kier alpha value is -1.24. The van der Waals surface area contributed by atoms with Crippen molar-refractivity contribution < 1.29 is 9.53 Å². The third kappa shape index (κ3) is 3.16. The lowest BCUT2D eigenvalue weighted by atomic mass is 10.2. The quantitative estimate of drug-likeness (QED) is 0.855. The van der Waals surface area contributed by atoms with Gasteiger partial charge in [0.1, 0.15) is 5.60 Å². The fraction of sp³-hybridized carbons (Fsp3) is 0.727. The predicted octanol–water partition coefficient (Wildman–Crippen LogP) is 2.68. The molecule has 0 spiro atoms. The summed E-state index contributed by atoms with van der Waals surface area (Å²) >= 11 is 1.52. The van der Waals surface area contributed by atoms with Crippen LogP contribution < -0.4 is 5.32 Å². The molecule has 0 unspecified atom stereocenters. The first kappa shape index (κ1) is 13.2. The zero-order valence-corrected chi connectivity index (χ0v) is 11.9. The third-order valence-electron chi connectivity index (χ3n) is 2.37. The summed E-state index contributed by atoms with van der Waals surface area (Å²) in [5.74, 6) is 0.469. The number of anilines is 1. The van der Waals surface area contributed by atoms with Crippen LogP contribution in [0.5, 0.6) is 0 Å². The van der Waals surface area contributed by atoms with E-state index < -0.39 is 11.7 Å². The van der Waals surface area contributed by atoms with Crippen molar-refractivity contribution in [1.82, 2.24) is 14.8 Å². The van der Waals surface area contributed by atoms with Crippen LogP contribution in [0.3, 0.4) is 0 Å². The first-order valence-electron chi connectivity index (χ1n) is 5.89. The molecule has 0 aliphatic heterocycles. The number of hydrogen-bond donors (Lipinski definition) is 1. The topological polar surface area (TPSA) is 69.0 Å². The molecule has 0 atom stereocenters. The molecule has 0 saturated heterocycles. The summed E-state index contributed by atoms with van der Waals surface area (Å²) in [6, 6.07) is 0.410. The molecule has 6 nitrogen and oxygen atoms in total. The van der Waals surface area contributed by atoms with E-state index >= 15 is 0 Å². The minimum atomic E-state index is -0.517. The molecule has 100 valence electrons. The van der Waals surface area contributed by atoms with Gasteiger partial charge in [0.25, 0.3) is 0 Å². The molecule has 1 fully saturated rings. The van der Waals surface area contributed by atoms with E-state index in [4.69, 9.17) is 4.74 Å². The number of carbonyl (C=O) groups excluding carboxylic acids is 1. The normalized spacial score (nSPS) is 15.6. The Morgan fingerprint density at radius 3 is 2.61 bits per heavy atom. The highest BCUT2D eigenvalue weighted by Gasteiger charge is 2.30. The van der Waals surface area contributed by atoms with Crippen LogP contribution in [-0.4, -0.2) is 32.7 Å². The van der Waals surface area contributed by atoms with Gasteiger partial charge in [-0.1, -0.05) is 11.8 Å². The van der Waals surface area contributed by atoms with Crippen LogP contribution in [0.15, 0.2) is 5.16 Å². The number of ether oxygens (including phenoxy) is 1. The molecule has 2 rings (SSSR count). The van der Waals surface area contributed by atoms with Gasteiger partial charge in [0.15, 0.2) is 5.16 Å². The highest BCUT2D eigenvalue weighted by atomic mass is 32.2. The summed E-state index contributed by atoms with van der Waals surface area (Å²) in [7, 11) is 0. The molecule has 1 aromatic heterocycles. The fourth-order valence-corrected chi connectivity index (χ4v) is 2.11. The summed E-state index contributed by atoms with van der Waals surface area (Å²) in [4.78, 5) is 11.7. The molecule has 7 heteroatoms. The minimum Gasteiger partial charge on any atom is -0.444 e. The maximum Gasteiger partial charge on any atom is 0.414 e. The molecule has 18 heavy (non-hydrogen) atoms. The molecule has 1 aliphatic carbocycles. The molecule has 1 aliphatic rings. The lowest BCUT2D eigenvalue weighted by molar-refractivity contribution is 0.0634. The first-order chi connectivity index (χ1) is 8.40. The smallest absolute Gasteiger partial charge is 0.414 e. The van der Waals surface area contributed by atoms with Gasteiger partial charge in [-0.2, -0.15) is 0 Å². The standard InChI is InChI=1S/C11H18N4O2S/c1-11(2,3)17-10(16)12-8-13-14-9(18-4)15(8)7-5-6-7/h7H,5-6H2,1-4H3,(H,12,13,16). The number of amides is 1. The molecular formula is C11H18N4O2S. The van der Waals surface area contributed by atoms with Gasteiger partial charge in [-0.25, -0.2) is 4.79 Å². The SMILES string of the molecule is CSc1nnc(NC(=O)OC(C)(C)C)n1C1CC1. The predicted molar refractivity (Wildman–Crippen MR) is 69.9 cm³/mol. The molecule has 1 heterocycles. The number of hydrogen-bond acceptors (Lipinski definition) is 5. The van der Waals surface area contributed by atoms with E-state index in [9.17, 15) is 4.79 Å². The van der Waals surface area contributed by atoms with Crippen molar-refractivity contribution in [2.75, 3.05) is 11.6 Å². The second-order valence-corrected chi connectivity index (χ2v) is 6.01. The van der Waals surface area contributed by atoms with Crippen LogP contribution in [0.1, 0.15) is 39.7 Å². The number of carbonyl (C=O) groups is 1. The Labute approximate surface area is 110 Å². The summed E-state index contributed by atoms with van der Waals surface area (Å²) in [6.07, 6.45) is 3.66. The maximum absolute atomic E-state index is 11.7. The van der Waals surface area contributed by atoms with E-state index in [-0.39, 0.29) is 0 Å². The van der Waals surface area contributed by atoms with Gasteiger partial charge in [-0.05, 0) is 39.9 Å². The van der Waals surface area contributed by atoms with Crippen LogP contribution in [0.4, 0.5) is 10.7 Å². The average molecular weight is 270 g/mol. The van der Waals surface area contributed by atoms with E-state index in [1.165, 1.54) is 11.8 Å². The Balaban J connectivity index is 2.09. The highest BCUT2D eigenvalue weighted by Crippen LogP contribution is 2.39. The molecule has 0 aromatic carbocycles. The van der Waals surface area contributed by atoms with Crippen LogP contribution in [0, 0.1) is 0 Å². The van der Waals surface area contributed by atoms with Gasteiger partial charge >= 0.3 is 6.09 Å². The Morgan fingerprint density at radius 2 is 2.11 bits per heavy atom. The van der Waals surface area contributed by atoms with Gasteiger partial charge in [-0.15, -0.1) is 10.2 Å². The van der Waals surface area contributed by atoms with Crippen LogP contribution >= 0.6 is 11.8 Å². The van der Waals surface area contributed by atoms with Crippen molar-refractivity contribution in [3.05, 3.63) is 0 Å². The molecule has 1 aromatic rings. The molecule has 1 saturated carbocycles. The van der Waals surface area contributed by atoms with Gasteiger partial charge in [0.05, 0.1) is 0 Å². The van der Waals surface area contributed by atoms with Crippen molar-refractivity contribution in [2.45, 2.75) is 50.4 Å². The van der Waals surface area contributed by atoms with E-state index in [2.05, 4.69) is 15.5 Å². The molecule has 1 amide bonds. The molecule has 0 bridgehead atoms. The van der Waals surface area contributed by atoms with Crippen molar-refractivity contribution >= 4 is 23.8 Å². The second kappa shape index (κ2) is 4.79. The van der Waals surface area contributed by atoms with E-state index in [0.29, 0.717) is 12.0 Å². The summed E-state index contributed by atoms with van der Waals surface area (Å²) in [6.45, 7) is 5.47. The van der Waals surface area contributed by atoms with Crippen LogP contribution in [0.25, 0.3) is 0 Å². The first-order valence-corrected chi connectivity index (χ1v) is 7.12. The van der Waals surface area contributed by atoms with Gasteiger partial charge in [0, 0.05) is 6.04 Å². The Morgan fingerprint density at radius 1 is 1.44 bits per heavy atom. The highest BCUT2D eigenvalue weighted by molar-refractivity contribution is 7.98. The fourth-order valence-electron chi connectivity index (χ4n) is 1.56. The number of aromatic nitrogens is 3. The molecule has 0 radical (unpaired) electrons. The number of nitrogens with one attached hydrogen (secondary N) is 1. The summed E-state index contributed by atoms with van der Waals surface area (Å²) in [5, 5.41) is 11.5. The van der Waals surface area contributed by atoms with E-state index in [0.717, 1.165) is 18.0 Å². The maximum atomic E-state index is 11.7. The molecule has 1 N–H and O–H groups in total. The number of rotatable bonds is 3. The lowest BCUT2D eigenvalue weighted by Crippen LogP contribution is -2.28. The third-order valence-corrected chi connectivity index (χ3v) is 3.02. The monoisotopic (exact) mass is 270 g/mol. The summed E-state index contributed by atoms with van der Waals surface area (Å²) < 4.78 is 7.17. The van der Waals surface area contributed by atoms with E-state index in [1.807, 2.05) is 31.6 Å². The van der Waals surface area contributed by atoms with Crippen molar-refractivity contribution in [3.8, 4) is 0 Å². The van der Waals surface area contributed by atoms with Crippen LogP contribution in [0.2, 0.25) is 0 Å². The number of thioether (sulfide) groups is 1. The van der Waals surface area contributed by atoms with Crippen molar-refractivity contribution in [3.63, 3.8) is 0 Å². The summed E-state index contributed by atoms with van der Waals surface area (Å²) in [5.41, 5.74) is -0.517. The largest absolute Gasteiger partial charge is 0.444 e. The zero-order chi connectivity index (χ0) is 13.3. The second-order valence-electron chi connectivity index (χ2n) is 5.24. The Kier molecular flexibility index (Phi) is 3.52. The lowest BCUT2D eigenvalue weighted by Gasteiger charge is -2.19. The van der Waals surface area contributed by atoms with E-state index in [1.54, 1.807) is 0 Å².